The summed E-state index contributed by atoms with van der Waals surface area (Å²) >= 11 is 0. The van der Waals surface area contributed by atoms with E-state index in [-0.39, 0.29) is 11.8 Å². The number of aliphatic imine (C=N–C) groups is 1. The Balaban J connectivity index is 1.95. The van der Waals surface area contributed by atoms with E-state index < -0.39 is 0 Å². The molecule has 2 rings (SSSR count). The normalized spacial score (nSPS) is 16.3. The third-order valence-electron chi connectivity index (χ3n) is 5.04. The molecule has 0 spiro atoms. The topological polar surface area (TPSA) is 74.6 Å². The van der Waals surface area contributed by atoms with Crippen LogP contribution in [0.25, 0.3) is 0 Å². The van der Waals surface area contributed by atoms with E-state index >= 15 is 0 Å². The maximum absolute atomic E-state index is 12.1. The maximum Gasteiger partial charge on any atom is 0.225 e. The fourth-order valence-corrected chi connectivity index (χ4v) is 3.33. The second-order valence-electron chi connectivity index (χ2n) is 7.37. The summed E-state index contributed by atoms with van der Waals surface area (Å²) in [7, 11) is 1.96. The summed E-state index contributed by atoms with van der Waals surface area (Å²) in [5.74, 6) is 1.17. The number of aromatic nitrogens is 2. The molecule has 1 aliphatic rings. The summed E-state index contributed by atoms with van der Waals surface area (Å²) in [4.78, 5) is 18.9. The predicted octanol–water partition coefficient (Wildman–Crippen LogP) is 1.74. The number of carbonyl (C=O) groups excluding carboxylic acids is 1. The number of piperidine rings is 1. The number of guanidine groups is 1. The molecule has 1 saturated heterocycles. The van der Waals surface area contributed by atoms with E-state index in [1.54, 1.807) is 0 Å². The Morgan fingerprint density at radius 2 is 1.96 bits per heavy atom. The van der Waals surface area contributed by atoms with Crippen molar-refractivity contribution < 1.29 is 4.79 Å². The first-order chi connectivity index (χ1) is 12.3. The molecule has 7 nitrogen and oxygen atoms in total. The molecule has 1 aliphatic heterocycles. The van der Waals surface area contributed by atoms with Gasteiger partial charge in [-0.3, -0.25) is 9.48 Å². The number of carbonyl (C=O) groups is 1. The Morgan fingerprint density at radius 1 is 1.31 bits per heavy atom. The molecule has 1 aromatic rings. The minimum atomic E-state index is 0.0735. The number of nitrogens with one attached hydrogen (secondary N) is 2. The van der Waals surface area contributed by atoms with E-state index in [4.69, 9.17) is 4.99 Å². The minimum absolute atomic E-state index is 0.0735. The van der Waals surface area contributed by atoms with Crippen LogP contribution in [0, 0.1) is 19.8 Å². The zero-order valence-electron chi connectivity index (χ0n) is 17.1. The van der Waals surface area contributed by atoms with Gasteiger partial charge < -0.3 is 15.5 Å². The molecular formula is C19H34N6O. The summed E-state index contributed by atoms with van der Waals surface area (Å²) in [6, 6.07) is 0.347. The molecule has 0 saturated carbocycles. The molecule has 26 heavy (non-hydrogen) atoms. The van der Waals surface area contributed by atoms with Crippen molar-refractivity contribution in [1.29, 1.82) is 0 Å². The average molecular weight is 363 g/mol. The lowest BCUT2D eigenvalue weighted by molar-refractivity contribution is -0.135. The van der Waals surface area contributed by atoms with Crippen LogP contribution in [-0.2, 0) is 18.4 Å². The SMILES string of the molecule is CCNC(=NCc1c(C)nn(C)c1C)NC1CCN(C(=O)C(C)C)CC1. The van der Waals surface area contributed by atoms with Crippen LogP contribution < -0.4 is 10.6 Å². The van der Waals surface area contributed by atoms with Gasteiger partial charge in [0.2, 0.25) is 5.91 Å². The Kier molecular flexibility index (Phi) is 7.06. The predicted molar refractivity (Wildman–Crippen MR) is 105 cm³/mol. The smallest absolute Gasteiger partial charge is 0.225 e. The van der Waals surface area contributed by atoms with E-state index in [0.717, 1.165) is 49.8 Å². The van der Waals surface area contributed by atoms with Gasteiger partial charge in [-0.2, -0.15) is 5.10 Å². The minimum Gasteiger partial charge on any atom is -0.357 e. The second kappa shape index (κ2) is 9.05. The van der Waals surface area contributed by atoms with Crippen LogP contribution >= 0.6 is 0 Å². The Labute approximate surface area is 157 Å². The Morgan fingerprint density at radius 3 is 2.46 bits per heavy atom. The number of nitrogens with zero attached hydrogens (tertiary/aromatic N) is 4. The van der Waals surface area contributed by atoms with E-state index in [1.165, 1.54) is 5.56 Å². The highest BCUT2D eigenvalue weighted by atomic mass is 16.2. The summed E-state index contributed by atoms with van der Waals surface area (Å²) < 4.78 is 1.90. The fraction of sp³-hybridized carbons (Fsp3) is 0.737. The van der Waals surface area contributed by atoms with Crippen molar-refractivity contribution in [1.82, 2.24) is 25.3 Å². The molecule has 0 bridgehead atoms. The number of hydrogen-bond donors (Lipinski definition) is 2. The number of aryl methyl sites for hydroxylation is 2. The van der Waals surface area contributed by atoms with Gasteiger partial charge in [-0.25, -0.2) is 4.99 Å². The van der Waals surface area contributed by atoms with Crippen molar-refractivity contribution in [3.8, 4) is 0 Å². The van der Waals surface area contributed by atoms with Gasteiger partial charge in [-0.15, -0.1) is 0 Å². The number of hydrogen-bond acceptors (Lipinski definition) is 3. The van der Waals surface area contributed by atoms with Crippen molar-refractivity contribution in [3.63, 3.8) is 0 Å². The van der Waals surface area contributed by atoms with Gasteiger partial charge >= 0.3 is 0 Å². The van der Waals surface area contributed by atoms with Gasteiger partial charge in [-0.05, 0) is 33.6 Å². The molecule has 0 aliphatic carbocycles. The molecule has 0 unspecified atom stereocenters. The van der Waals surface area contributed by atoms with Crippen molar-refractivity contribution in [2.45, 2.75) is 60.0 Å². The largest absolute Gasteiger partial charge is 0.357 e. The summed E-state index contributed by atoms with van der Waals surface area (Å²) in [5.41, 5.74) is 3.37. The molecule has 1 aromatic heterocycles. The lowest BCUT2D eigenvalue weighted by Gasteiger charge is -2.34. The van der Waals surface area contributed by atoms with Crippen molar-refractivity contribution in [2.24, 2.45) is 18.0 Å². The van der Waals surface area contributed by atoms with Crippen LogP contribution in [0.3, 0.4) is 0 Å². The molecule has 0 atom stereocenters. The number of amides is 1. The van der Waals surface area contributed by atoms with Crippen molar-refractivity contribution >= 4 is 11.9 Å². The van der Waals surface area contributed by atoms with E-state index in [2.05, 4.69) is 29.6 Å². The number of likely N-dealkylation sites (tertiary alicyclic amines) is 1. The van der Waals surface area contributed by atoms with Crippen LogP contribution in [0.1, 0.15) is 50.6 Å². The van der Waals surface area contributed by atoms with Gasteiger partial charge in [0.05, 0.1) is 12.2 Å². The Bertz CT molecular complexity index is 641. The van der Waals surface area contributed by atoms with E-state index in [9.17, 15) is 4.79 Å². The molecule has 146 valence electrons. The monoisotopic (exact) mass is 362 g/mol. The molecule has 1 amide bonds. The zero-order chi connectivity index (χ0) is 19.3. The van der Waals surface area contributed by atoms with E-state index in [0.29, 0.717) is 12.6 Å². The first-order valence-corrected chi connectivity index (χ1v) is 9.66. The molecule has 0 radical (unpaired) electrons. The fourth-order valence-electron chi connectivity index (χ4n) is 3.33. The van der Waals surface area contributed by atoms with Crippen LogP contribution in [0.4, 0.5) is 0 Å². The highest BCUT2D eigenvalue weighted by molar-refractivity contribution is 5.80. The lowest BCUT2D eigenvalue weighted by atomic mass is 10.0. The van der Waals surface area contributed by atoms with Gasteiger partial charge in [0.1, 0.15) is 0 Å². The standard InChI is InChI=1S/C19H34N6O/c1-7-20-19(21-12-17-14(4)23-24(6)15(17)5)22-16-8-10-25(11-9-16)18(26)13(2)3/h13,16H,7-12H2,1-6H3,(H2,20,21,22). The maximum atomic E-state index is 12.1. The first kappa shape index (κ1) is 20.3. The first-order valence-electron chi connectivity index (χ1n) is 9.66. The van der Waals surface area contributed by atoms with Gasteiger partial charge in [0.15, 0.2) is 5.96 Å². The summed E-state index contributed by atoms with van der Waals surface area (Å²) in [6.07, 6.45) is 1.90. The highest BCUT2D eigenvalue weighted by Crippen LogP contribution is 2.15. The van der Waals surface area contributed by atoms with Gasteiger partial charge in [0, 0.05) is 49.9 Å². The molecule has 1 fully saturated rings. The molecule has 2 N–H and O–H groups in total. The highest BCUT2D eigenvalue weighted by Gasteiger charge is 2.24. The molecule has 2 heterocycles. The van der Waals surface area contributed by atoms with Crippen molar-refractivity contribution in [2.75, 3.05) is 19.6 Å². The summed E-state index contributed by atoms with van der Waals surface area (Å²) in [6.45, 7) is 13.2. The Hall–Kier alpha value is -2.05. The molecule has 7 heteroatoms. The van der Waals surface area contributed by atoms with Gasteiger partial charge in [-0.1, -0.05) is 13.8 Å². The average Bonchev–Trinajstić information content (AvgIpc) is 2.85. The van der Waals surface area contributed by atoms with Crippen LogP contribution in [0.5, 0.6) is 0 Å². The van der Waals surface area contributed by atoms with Crippen molar-refractivity contribution in [3.05, 3.63) is 17.0 Å². The van der Waals surface area contributed by atoms with Gasteiger partial charge in [0.25, 0.3) is 0 Å². The lowest BCUT2D eigenvalue weighted by Crippen LogP contribution is -2.50. The third kappa shape index (κ3) is 4.99. The number of rotatable bonds is 5. The van der Waals surface area contributed by atoms with E-state index in [1.807, 2.05) is 37.4 Å². The van der Waals surface area contributed by atoms with Crippen LogP contribution in [-0.4, -0.2) is 52.2 Å². The summed E-state index contributed by atoms with van der Waals surface area (Å²) in [5, 5.41) is 11.3. The third-order valence-corrected chi connectivity index (χ3v) is 5.04. The molecular weight excluding hydrogens is 328 g/mol. The van der Waals surface area contributed by atoms with Crippen LogP contribution in [0.15, 0.2) is 4.99 Å². The van der Waals surface area contributed by atoms with Crippen LogP contribution in [0.2, 0.25) is 0 Å². The quantitative estimate of drug-likeness (QED) is 0.618. The zero-order valence-corrected chi connectivity index (χ0v) is 17.1. The molecule has 0 aromatic carbocycles. The second-order valence-corrected chi connectivity index (χ2v) is 7.37.